The van der Waals surface area contributed by atoms with Crippen LogP contribution in [0, 0.1) is 5.41 Å². The summed E-state index contributed by atoms with van der Waals surface area (Å²) in [4.78, 5) is 35.8. The maximum Gasteiger partial charge on any atom is 0.318 e. The molecule has 0 atom stereocenters. The standard InChI is InChI=1S/C12H22N2O4/c1-6-14(7-9(15)13-8(2)3)10(16)12(4,5)11(17)18/h8H,6-7H2,1-5H3,(H,13,15)(H,17,18). The molecule has 0 rings (SSSR count). The first-order valence-corrected chi connectivity index (χ1v) is 5.95. The molecule has 18 heavy (non-hydrogen) atoms. The lowest BCUT2D eigenvalue weighted by molar-refractivity contribution is -0.159. The van der Waals surface area contributed by atoms with Crippen molar-refractivity contribution in [1.82, 2.24) is 10.2 Å². The zero-order valence-corrected chi connectivity index (χ0v) is 11.6. The van der Waals surface area contributed by atoms with Gasteiger partial charge in [0.05, 0.1) is 6.54 Å². The number of carbonyl (C=O) groups excluding carboxylic acids is 2. The van der Waals surface area contributed by atoms with Gasteiger partial charge in [-0.2, -0.15) is 0 Å². The molecule has 0 radical (unpaired) electrons. The summed E-state index contributed by atoms with van der Waals surface area (Å²) in [6.45, 7) is 8.18. The second kappa shape index (κ2) is 6.37. The minimum Gasteiger partial charge on any atom is -0.480 e. The lowest BCUT2D eigenvalue weighted by Gasteiger charge is -2.28. The molecule has 0 unspecified atom stereocenters. The number of hydrogen-bond acceptors (Lipinski definition) is 3. The molecule has 2 amide bonds. The predicted molar refractivity (Wildman–Crippen MR) is 66.9 cm³/mol. The van der Waals surface area contributed by atoms with E-state index in [9.17, 15) is 14.4 Å². The Morgan fingerprint density at radius 2 is 1.78 bits per heavy atom. The van der Waals surface area contributed by atoms with Gasteiger partial charge in [0.25, 0.3) is 0 Å². The quantitative estimate of drug-likeness (QED) is 0.678. The Kier molecular flexibility index (Phi) is 5.81. The monoisotopic (exact) mass is 258 g/mol. The lowest BCUT2D eigenvalue weighted by Crippen LogP contribution is -2.49. The Balaban J connectivity index is 4.74. The lowest BCUT2D eigenvalue weighted by atomic mass is 9.92. The van der Waals surface area contributed by atoms with Crippen LogP contribution in [0.2, 0.25) is 0 Å². The van der Waals surface area contributed by atoms with Gasteiger partial charge in [0.15, 0.2) is 0 Å². The van der Waals surface area contributed by atoms with E-state index in [4.69, 9.17) is 5.11 Å². The number of aliphatic carboxylic acids is 1. The summed E-state index contributed by atoms with van der Waals surface area (Å²) in [6.07, 6.45) is 0. The molecule has 2 N–H and O–H groups in total. The van der Waals surface area contributed by atoms with Crippen LogP contribution in [0.1, 0.15) is 34.6 Å². The third-order valence-electron chi connectivity index (χ3n) is 2.52. The predicted octanol–water partition coefficient (Wildman–Crippen LogP) is 0.470. The van der Waals surface area contributed by atoms with Crippen LogP contribution in [-0.2, 0) is 14.4 Å². The Morgan fingerprint density at radius 3 is 2.11 bits per heavy atom. The highest BCUT2D eigenvalue weighted by molar-refractivity contribution is 6.02. The SMILES string of the molecule is CCN(CC(=O)NC(C)C)C(=O)C(C)(C)C(=O)O. The molecule has 0 heterocycles. The van der Waals surface area contributed by atoms with E-state index in [1.165, 1.54) is 18.7 Å². The maximum atomic E-state index is 12.0. The molecule has 0 fully saturated rings. The normalized spacial score (nSPS) is 11.2. The van der Waals surface area contributed by atoms with E-state index < -0.39 is 17.3 Å². The molecule has 0 aromatic heterocycles. The largest absolute Gasteiger partial charge is 0.480 e. The summed E-state index contributed by atoms with van der Waals surface area (Å²) < 4.78 is 0. The van der Waals surface area contributed by atoms with Gasteiger partial charge >= 0.3 is 5.97 Å². The molecule has 0 saturated heterocycles. The molecule has 0 aliphatic carbocycles. The summed E-state index contributed by atoms with van der Waals surface area (Å²) in [7, 11) is 0. The molecule has 6 nitrogen and oxygen atoms in total. The van der Waals surface area contributed by atoms with Crippen molar-refractivity contribution in [1.29, 1.82) is 0 Å². The van der Waals surface area contributed by atoms with Crippen molar-refractivity contribution in [3.05, 3.63) is 0 Å². The number of carboxylic acids is 1. The number of hydrogen-bond donors (Lipinski definition) is 2. The Hall–Kier alpha value is -1.59. The fraction of sp³-hybridized carbons (Fsp3) is 0.750. The zero-order valence-electron chi connectivity index (χ0n) is 11.6. The molecule has 0 saturated carbocycles. The van der Waals surface area contributed by atoms with Gasteiger partial charge in [-0.05, 0) is 34.6 Å². The van der Waals surface area contributed by atoms with Crippen LogP contribution < -0.4 is 5.32 Å². The van der Waals surface area contributed by atoms with E-state index >= 15 is 0 Å². The minimum atomic E-state index is -1.52. The van der Waals surface area contributed by atoms with Gasteiger partial charge in [0.1, 0.15) is 5.41 Å². The molecule has 0 aromatic rings. The van der Waals surface area contributed by atoms with Crippen molar-refractivity contribution in [2.24, 2.45) is 5.41 Å². The van der Waals surface area contributed by atoms with E-state index in [2.05, 4.69) is 5.32 Å². The van der Waals surface area contributed by atoms with Crippen molar-refractivity contribution < 1.29 is 19.5 Å². The van der Waals surface area contributed by atoms with Crippen LogP contribution in [0.25, 0.3) is 0 Å². The van der Waals surface area contributed by atoms with Crippen LogP contribution in [0.5, 0.6) is 0 Å². The van der Waals surface area contributed by atoms with Crippen LogP contribution in [0.3, 0.4) is 0 Å². The Morgan fingerprint density at radius 1 is 1.28 bits per heavy atom. The molecule has 6 heteroatoms. The van der Waals surface area contributed by atoms with Gasteiger partial charge in [-0.15, -0.1) is 0 Å². The van der Waals surface area contributed by atoms with Gasteiger partial charge in [-0.3, -0.25) is 14.4 Å². The summed E-state index contributed by atoms with van der Waals surface area (Å²) in [6, 6.07) is -0.0150. The summed E-state index contributed by atoms with van der Waals surface area (Å²) >= 11 is 0. The number of nitrogens with one attached hydrogen (secondary N) is 1. The number of nitrogens with zero attached hydrogens (tertiary/aromatic N) is 1. The van der Waals surface area contributed by atoms with Crippen LogP contribution in [0.4, 0.5) is 0 Å². The van der Waals surface area contributed by atoms with Gasteiger partial charge in [0.2, 0.25) is 11.8 Å². The Bertz CT molecular complexity index is 337. The number of amides is 2. The molecule has 104 valence electrons. The third kappa shape index (κ3) is 4.35. The van der Waals surface area contributed by atoms with Gasteiger partial charge in [-0.1, -0.05) is 0 Å². The summed E-state index contributed by atoms with van der Waals surface area (Å²) in [5.41, 5.74) is -1.52. The van der Waals surface area contributed by atoms with Crippen LogP contribution >= 0.6 is 0 Å². The fourth-order valence-electron chi connectivity index (χ4n) is 1.35. The Labute approximate surface area is 107 Å². The summed E-state index contributed by atoms with van der Waals surface area (Å²) in [5, 5.41) is 11.7. The molecule has 0 aromatic carbocycles. The van der Waals surface area contributed by atoms with Crippen molar-refractivity contribution in [2.75, 3.05) is 13.1 Å². The van der Waals surface area contributed by atoms with Crippen LogP contribution in [-0.4, -0.2) is 46.9 Å². The number of carboxylic acid groups (broad SMARTS) is 1. The molecular weight excluding hydrogens is 236 g/mol. The first-order valence-electron chi connectivity index (χ1n) is 5.95. The smallest absolute Gasteiger partial charge is 0.318 e. The van der Waals surface area contributed by atoms with Crippen molar-refractivity contribution in [2.45, 2.75) is 40.7 Å². The molecular formula is C12H22N2O4. The first-order chi connectivity index (χ1) is 8.12. The fourth-order valence-corrected chi connectivity index (χ4v) is 1.35. The average molecular weight is 258 g/mol. The second-order valence-electron chi connectivity index (χ2n) is 4.97. The molecule has 0 aliphatic rings. The van der Waals surface area contributed by atoms with Crippen molar-refractivity contribution >= 4 is 17.8 Å². The number of carbonyl (C=O) groups is 3. The first kappa shape index (κ1) is 16.4. The van der Waals surface area contributed by atoms with E-state index in [-0.39, 0.29) is 18.5 Å². The van der Waals surface area contributed by atoms with E-state index in [1.807, 2.05) is 13.8 Å². The van der Waals surface area contributed by atoms with Gasteiger partial charge in [0, 0.05) is 12.6 Å². The number of likely N-dealkylation sites (N-methyl/N-ethyl adjacent to an activating group) is 1. The highest BCUT2D eigenvalue weighted by atomic mass is 16.4. The molecule has 0 spiro atoms. The third-order valence-corrected chi connectivity index (χ3v) is 2.52. The number of rotatable bonds is 6. The molecule has 0 bridgehead atoms. The summed E-state index contributed by atoms with van der Waals surface area (Å²) in [5.74, 6) is -2.05. The van der Waals surface area contributed by atoms with E-state index in [0.717, 1.165) is 0 Å². The topological polar surface area (TPSA) is 86.7 Å². The maximum absolute atomic E-state index is 12.0. The van der Waals surface area contributed by atoms with Crippen LogP contribution in [0.15, 0.2) is 0 Å². The van der Waals surface area contributed by atoms with Gasteiger partial charge in [-0.25, -0.2) is 0 Å². The minimum absolute atomic E-state index is 0.0150. The zero-order chi connectivity index (χ0) is 14.5. The van der Waals surface area contributed by atoms with Crippen molar-refractivity contribution in [3.63, 3.8) is 0 Å². The van der Waals surface area contributed by atoms with Gasteiger partial charge < -0.3 is 15.3 Å². The average Bonchev–Trinajstić information content (AvgIpc) is 2.23. The molecule has 0 aliphatic heterocycles. The van der Waals surface area contributed by atoms with E-state index in [1.54, 1.807) is 6.92 Å². The highest BCUT2D eigenvalue weighted by Crippen LogP contribution is 2.18. The van der Waals surface area contributed by atoms with E-state index in [0.29, 0.717) is 6.54 Å². The second-order valence-corrected chi connectivity index (χ2v) is 4.97. The van der Waals surface area contributed by atoms with Crippen molar-refractivity contribution in [3.8, 4) is 0 Å². The highest BCUT2D eigenvalue weighted by Gasteiger charge is 2.39.